The third kappa shape index (κ3) is 3.52. The van der Waals surface area contributed by atoms with E-state index < -0.39 is 0 Å². The smallest absolute Gasteiger partial charge is 0.226 e. The molecule has 0 bridgehead atoms. The van der Waals surface area contributed by atoms with Gasteiger partial charge in [-0.3, -0.25) is 4.79 Å². The molecule has 1 aromatic heterocycles. The molecule has 72 valence electrons. The number of aryl methyl sites for hydroxylation is 1. The molecular formula is C8H13N3OS. The Morgan fingerprint density at radius 1 is 1.85 bits per heavy atom. The van der Waals surface area contributed by atoms with Crippen LogP contribution in [0.15, 0.2) is 6.07 Å². The maximum atomic E-state index is 11.2. The van der Waals surface area contributed by atoms with Gasteiger partial charge in [-0.05, 0) is 31.4 Å². The lowest BCUT2D eigenvalue weighted by atomic mass is 10.2. The van der Waals surface area contributed by atoms with Gasteiger partial charge in [0.25, 0.3) is 0 Å². The van der Waals surface area contributed by atoms with Crippen molar-refractivity contribution in [3.05, 3.63) is 11.8 Å². The molecule has 0 radical (unpaired) electrons. The van der Waals surface area contributed by atoms with Crippen molar-refractivity contribution in [3.63, 3.8) is 0 Å². The SMILES string of the molecule is Cc1cc(NC(=O)CC(C)N)sn1. The molecule has 0 spiro atoms. The van der Waals surface area contributed by atoms with Gasteiger partial charge in [0.15, 0.2) is 0 Å². The van der Waals surface area contributed by atoms with E-state index in [1.165, 1.54) is 11.5 Å². The van der Waals surface area contributed by atoms with Crippen LogP contribution in [-0.2, 0) is 4.79 Å². The van der Waals surface area contributed by atoms with Crippen LogP contribution in [0.25, 0.3) is 0 Å². The maximum Gasteiger partial charge on any atom is 0.226 e. The van der Waals surface area contributed by atoms with Crippen LogP contribution in [0, 0.1) is 6.92 Å². The van der Waals surface area contributed by atoms with Crippen LogP contribution >= 0.6 is 11.5 Å². The molecule has 5 heteroatoms. The van der Waals surface area contributed by atoms with Gasteiger partial charge in [0.1, 0.15) is 5.00 Å². The summed E-state index contributed by atoms with van der Waals surface area (Å²) in [4.78, 5) is 11.2. The minimum atomic E-state index is -0.103. The summed E-state index contributed by atoms with van der Waals surface area (Å²) < 4.78 is 4.04. The first-order valence-corrected chi connectivity index (χ1v) is 4.84. The quantitative estimate of drug-likeness (QED) is 0.766. The second-order valence-electron chi connectivity index (χ2n) is 3.06. The highest BCUT2D eigenvalue weighted by molar-refractivity contribution is 7.10. The summed E-state index contributed by atoms with van der Waals surface area (Å²) in [7, 11) is 0. The molecule has 1 aromatic rings. The largest absolute Gasteiger partial charge is 0.327 e. The summed E-state index contributed by atoms with van der Waals surface area (Å²) in [5, 5.41) is 3.51. The minimum absolute atomic E-state index is 0.0568. The van der Waals surface area contributed by atoms with E-state index in [2.05, 4.69) is 9.69 Å². The summed E-state index contributed by atoms with van der Waals surface area (Å²) in [5.74, 6) is -0.0568. The Morgan fingerprint density at radius 2 is 2.54 bits per heavy atom. The van der Waals surface area contributed by atoms with Gasteiger partial charge in [-0.15, -0.1) is 0 Å². The number of aromatic nitrogens is 1. The predicted octanol–water partition coefficient (Wildman–Crippen LogP) is 1.13. The number of rotatable bonds is 3. The van der Waals surface area contributed by atoms with Gasteiger partial charge in [-0.1, -0.05) is 0 Å². The van der Waals surface area contributed by atoms with Crippen LogP contribution in [0.1, 0.15) is 19.0 Å². The molecule has 1 atom stereocenters. The van der Waals surface area contributed by atoms with E-state index in [9.17, 15) is 4.79 Å². The summed E-state index contributed by atoms with van der Waals surface area (Å²) in [5.41, 5.74) is 6.40. The second kappa shape index (κ2) is 4.34. The maximum absolute atomic E-state index is 11.2. The molecule has 1 amide bonds. The van der Waals surface area contributed by atoms with Crippen molar-refractivity contribution < 1.29 is 4.79 Å². The van der Waals surface area contributed by atoms with Crippen molar-refractivity contribution in [2.24, 2.45) is 5.73 Å². The Bertz CT molecular complexity index is 295. The van der Waals surface area contributed by atoms with Gasteiger partial charge in [0.2, 0.25) is 5.91 Å². The minimum Gasteiger partial charge on any atom is -0.327 e. The summed E-state index contributed by atoms with van der Waals surface area (Å²) in [6.45, 7) is 3.69. The number of carbonyl (C=O) groups is 1. The van der Waals surface area contributed by atoms with Gasteiger partial charge in [0, 0.05) is 12.5 Å². The number of nitrogens with zero attached hydrogens (tertiary/aromatic N) is 1. The van der Waals surface area contributed by atoms with Crippen LogP contribution in [0.4, 0.5) is 5.00 Å². The molecule has 0 aromatic carbocycles. The molecule has 0 aliphatic heterocycles. The molecule has 0 aliphatic rings. The summed E-state index contributed by atoms with van der Waals surface area (Å²) in [6, 6.07) is 1.73. The van der Waals surface area contributed by atoms with E-state index in [0.717, 1.165) is 10.7 Å². The molecule has 0 aliphatic carbocycles. The Kier molecular flexibility index (Phi) is 3.39. The molecule has 0 saturated heterocycles. The zero-order valence-corrected chi connectivity index (χ0v) is 8.52. The predicted molar refractivity (Wildman–Crippen MR) is 53.7 cm³/mol. The average Bonchev–Trinajstić information content (AvgIpc) is 2.33. The van der Waals surface area contributed by atoms with E-state index >= 15 is 0 Å². The van der Waals surface area contributed by atoms with E-state index in [4.69, 9.17) is 5.73 Å². The molecule has 0 fully saturated rings. The van der Waals surface area contributed by atoms with Crippen molar-refractivity contribution in [1.82, 2.24) is 4.37 Å². The highest BCUT2D eigenvalue weighted by Gasteiger charge is 2.06. The molecular weight excluding hydrogens is 186 g/mol. The Balaban J connectivity index is 2.45. The third-order valence-corrected chi connectivity index (χ3v) is 2.19. The second-order valence-corrected chi connectivity index (χ2v) is 3.87. The van der Waals surface area contributed by atoms with Crippen molar-refractivity contribution >= 4 is 22.4 Å². The topological polar surface area (TPSA) is 68.0 Å². The highest BCUT2D eigenvalue weighted by Crippen LogP contribution is 2.15. The van der Waals surface area contributed by atoms with Crippen molar-refractivity contribution in [2.45, 2.75) is 26.3 Å². The van der Waals surface area contributed by atoms with Gasteiger partial charge in [0.05, 0.1) is 5.69 Å². The fraction of sp³-hybridized carbons (Fsp3) is 0.500. The number of hydrogen-bond donors (Lipinski definition) is 2. The van der Waals surface area contributed by atoms with Crippen molar-refractivity contribution in [1.29, 1.82) is 0 Å². The first-order chi connectivity index (χ1) is 6.08. The van der Waals surface area contributed by atoms with Crippen molar-refractivity contribution in [3.8, 4) is 0 Å². The number of nitrogens with two attached hydrogens (primary N) is 1. The molecule has 1 unspecified atom stereocenters. The average molecular weight is 199 g/mol. The zero-order valence-electron chi connectivity index (χ0n) is 7.70. The van der Waals surface area contributed by atoms with Gasteiger partial charge in [-0.25, -0.2) is 0 Å². The normalized spacial score (nSPS) is 12.5. The lowest BCUT2D eigenvalue weighted by Gasteiger charge is -2.03. The lowest BCUT2D eigenvalue weighted by molar-refractivity contribution is -0.116. The van der Waals surface area contributed by atoms with Crippen molar-refractivity contribution in [2.75, 3.05) is 5.32 Å². The monoisotopic (exact) mass is 199 g/mol. The first kappa shape index (κ1) is 10.1. The molecule has 3 N–H and O–H groups in total. The Labute approximate surface area is 81.3 Å². The summed E-state index contributed by atoms with van der Waals surface area (Å²) >= 11 is 1.28. The third-order valence-electron chi connectivity index (χ3n) is 1.40. The number of carbonyl (C=O) groups excluding carboxylic acids is 1. The molecule has 13 heavy (non-hydrogen) atoms. The van der Waals surface area contributed by atoms with E-state index in [1.807, 2.05) is 13.0 Å². The van der Waals surface area contributed by atoms with Gasteiger partial charge < -0.3 is 11.1 Å². The van der Waals surface area contributed by atoms with Gasteiger partial charge >= 0.3 is 0 Å². The Morgan fingerprint density at radius 3 is 3.00 bits per heavy atom. The van der Waals surface area contributed by atoms with Crippen LogP contribution < -0.4 is 11.1 Å². The fourth-order valence-electron chi connectivity index (χ4n) is 0.903. The van der Waals surface area contributed by atoms with Crippen LogP contribution in [-0.4, -0.2) is 16.3 Å². The number of amides is 1. The number of nitrogens with one attached hydrogen (secondary N) is 1. The summed E-state index contributed by atoms with van der Waals surface area (Å²) in [6.07, 6.45) is 0.344. The van der Waals surface area contributed by atoms with E-state index in [-0.39, 0.29) is 11.9 Å². The van der Waals surface area contributed by atoms with E-state index in [0.29, 0.717) is 6.42 Å². The zero-order chi connectivity index (χ0) is 9.84. The van der Waals surface area contributed by atoms with Gasteiger partial charge in [-0.2, -0.15) is 4.37 Å². The first-order valence-electron chi connectivity index (χ1n) is 4.06. The highest BCUT2D eigenvalue weighted by atomic mass is 32.1. The molecule has 0 saturated carbocycles. The fourth-order valence-corrected chi connectivity index (χ4v) is 1.58. The number of anilines is 1. The van der Waals surface area contributed by atoms with Crippen LogP contribution in [0.5, 0.6) is 0 Å². The molecule has 1 rings (SSSR count). The molecule has 4 nitrogen and oxygen atoms in total. The van der Waals surface area contributed by atoms with Crippen LogP contribution in [0.3, 0.4) is 0 Å². The lowest BCUT2D eigenvalue weighted by Crippen LogP contribution is -2.23. The standard InChI is InChI=1S/C8H13N3OS/c1-5(9)3-7(12)10-8-4-6(2)11-13-8/h4-5H,3,9H2,1-2H3,(H,10,12). The molecule has 1 heterocycles. The van der Waals surface area contributed by atoms with Crippen LogP contribution in [0.2, 0.25) is 0 Å². The Hall–Kier alpha value is -0.940. The van der Waals surface area contributed by atoms with E-state index in [1.54, 1.807) is 6.92 Å². The number of hydrogen-bond acceptors (Lipinski definition) is 4.